The first-order valence-electron chi connectivity index (χ1n) is 4.53. The van der Waals surface area contributed by atoms with Crippen molar-refractivity contribution in [2.24, 2.45) is 5.73 Å². The maximum Gasteiger partial charge on any atom is 0.317 e. The maximum atomic E-state index is 10.4. The number of aliphatic carboxylic acids is 1. The van der Waals surface area contributed by atoms with Gasteiger partial charge in [-0.05, 0) is 6.92 Å². The number of rotatable bonds is 3. The number of carbonyl (C=O) groups is 1. The molecule has 0 saturated carbocycles. The fourth-order valence-electron chi connectivity index (χ4n) is 1.52. The third kappa shape index (κ3) is 3.30. The van der Waals surface area contributed by atoms with E-state index in [0.717, 1.165) is 26.2 Å². The lowest BCUT2D eigenvalue weighted by molar-refractivity contribution is -0.138. The Hall–Kier alpha value is -0.650. The van der Waals surface area contributed by atoms with E-state index in [1.165, 1.54) is 0 Å². The number of carboxylic acids is 1. The van der Waals surface area contributed by atoms with Crippen LogP contribution in [0.1, 0.15) is 6.92 Å². The summed E-state index contributed by atoms with van der Waals surface area (Å²) >= 11 is 0. The normalized spacial score (nSPS) is 22.9. The molecule has 5 nitrogen and oxygen atoms in total. The first-order valence-corrected chi connectivity index (χ1v) is 4.53. The number of nitrogens with two attached hydrogens (primary N) is 1. The second-order valence-corrected chi connectivity index (χ2v) is 3.45. The molecular formula is C8H17N3O2. The van der Waals surface area contributed by atoms with Crippen LogP contribution in [0.2, 0.25) is 0 Å². The summed E-state index contributed by atoms with van der Waals surface area (Å²) in [6.07, 6.45) is 0.0759. The largest absolute Gasteiger partial charge is 0.480 e. The minimum Gasteiger partial charge on any atom is -0.480 e. The van der Waals surface area contributed by atoms with Crippen molar-refractivity contribution >= 4 is 5.97 Å². The van der Waals surface area contributed by atoms with E-state index in [-0.39, 0.29) is 12.7 Å². The van der Waals surface area contributed by atoms with Gasteiger partial charge in [0.25, 0.3) is 0 Å². The average molecular weight is 187 g/mol. The summed E-state index contributed by atoms with van der Waals surface area (Å²) < 4.78 is 0. The number of hydrogen-bond acceptors (Lipinski definition) is 4. The van der Waals surface area contributed by atoms with Crippen molar-refractivity contribution in [3.63, 3.8) is 0 Å². The number of piperazine rings is 1. The van der Waals surface area contributed by atoms with Crippen LogP contribution >= 0.6 is 0 Å². The second kappa shape index (κ2) is 4.55. The third-order valence-corrected chi connectivity index (χ3v) is 2.34. The molecule has 1 fully saturated rings. The SMILES string of the molecule is CC(N)N1CCN(CC(=O)O)CC1. The molecular weight excluding hydrogens is 170 g/mol. The molecule has 1 heterocycles. The summed E-state index contributed by atoms with van der Waals surface area (Å²) in [5.74, 6) is -0.755. The Morgan fingerprint density at radius 3 is 2.38 bits per heavy atom. The fraction of sp³-hybridized carbons (Fsp3) is 0.875. The molecule has 0 radical (unpaired) electrons. The van der Waals surface area contributed by atoms with Gasteiger partial charge in [0.2, 0.25) is 0 Å². The zero-order valence-corrected chi connectivity index (χ0v) is 7.94. The molecule has 0 aromatic carbocycles. The Morgan fingerprint density at radius 2 is 2.00 bits per heavy atom. The van der Waals surface area contributed by atoms with Crippen molar-refractivity contribution in [1.82, 2.24) is 9.80 Å². The van der Waals surface area contributed by atoms with Crippen molar-refractivity contribution in [2.45, 2.75) is 13.1 Å². The van der Waals surface area contributed by atoms with Gasteiger partial charge in [-0.25, -0.2) is 0 Å². The molecule has 13 heavy (non-hydrogen) atoms. The molecule has 0 aromatic rings. The maximum absolute atomic E-state index is 10.4. The lowest BCUT2D eigenvalue weighted by Crippen LogP contribution is -2.52. The average Bonchev–Trinajstić information content (AvgIpc) is 2.04. The Bertz CT molecular complexity index is 176. The number of carboxylic acid groups (broad SMARTS) is 1. The zero-order chi connectivity index (χ0) is 9.84. The number of nitrogens with zero attached hydrogens (tertiary/aromatic N) is 2. The van der Waals surface area contributed by atoms with Gasteiger partial charge in [-0.3, -0.25) is 14.6 Å². The van der Waals surface area contributed by atoms with Gasteiger partial charge in [0.05, 0.1) is 12.7 Å². The van der Waals surface area contributed by atoms with E-state index in [9.17, 15) is 4.79 Å². The van der Waals surface area contributed by atoms with E-state index in [1.54, 1.807) is 0 Å². The predicted molar refractivity (Wildman–Crippen MR) is 49.3 cm³/mol. The molecule has 76 valence electrons. The van der Waals surface area contributed by atoms with Crippen LogP contribution in [-0.4, -0.2) is 59.8 Å². The van der Waals surface area contributed by atoms with Crippen LogP contribution < -0.4 is 5.73 Å². The van der Waals surface area contributed by atoms with Crippen molar-refractivity contribution in [3.8, 4) is 0 Å². The van der Waals surface area contributed by atoms with Crippen molar-refractivity contribution in [3.05, 3.63) is 0 Å². The Morgan fingerprint density at radius 1 is 1.46 bits per heavy atom. The molecule has 0 bridgehead atoms. The minimum atomic E-state index is -0.755. The van der Waals surface area contributed by atoms with E-state index < -0.39 is 5.97 Å². The molecule has 1 saturated heterocycles. The van der Waals surface area contributed by atoms with E-state index in [1.807, 2.05) is 11.8 Å². The first-order chi connectivity index (χ1) is 6.09. The van der Waals surface area contributed by atoms with Crippen LogP contribution in [0.5, 0.6) is 0 Å². The molecule has 0 amide bonds. The van der Waals surface area contributed by atoms with Crippen LogP contribution in [0.3, 0.4) is 0 Å². The summed E-state index contributed by atoms with van der Waals surface area (Å²) in [5, 5.41) is 8.56. The van der Waals surface area contributed by atoms with Crippen LogP contribution in [0, 0.1) is 0 Å². The summed E-state index contributed by atoms with van der Waals surface area (Å²) in [6.45, 7) is 5.43. The minimum absolute atomic E-state index is 0.0759. The third-order valence-electron chi connectivity index (χ3n) is 2.34. The number of hydrogen-bond donors (Lipinski definition) is 2. The second-order valence-electron chi connectivity index (χ2n) is 3.45. The molecule has 3 N–H and O–H groups in total. The first kappa shape index (κ1) is 10.4. The highest BCUT2D eigenvalue weighted by atomic mass is 16.4. The Labute approximate surface area is 78.1 Å². The highest BCUT2D eigenvalue weighted by molar-refractivity contribution is 5.69. The Balaban J connectivity index is 2.26. The van der Waals surface area contributed by atoms with Gasteiger partial charge in [-0.2, -0.15) is 0 Å². The molecule has 0 spiro atoms. The smallest absolute Gasteiger partial charge is 0.317 e. The van der Waals surface area contributed by atoms with Gasteiger partial charge in [0.15, 0.2) is 0 Å². The zero-order valence-electron chi connectivity index (χ0n) is 7.94. The fourth-order valence-corrected chi connectivity index (χ4v) is 1.52. The summed E-state index contributed by atoms with van der Waals surface area (Å²) in [5.41, 5.74) is 5.70. The van der Waals surface area contributed by atoms with Gasteiger partial charge < -0.3 is 10.8 Å². The van der Waals surface area contributed by atoms with Gasteiger partial charge in [-0.1, -0.05) is 0 Å². The van der Waals surface area contributed by atoms with Gasteiger partial charge >= 0.3 is 5.97 Å². The van der Waals surface area contributed by atoms with Crippen LogP contribution in [0.4, 0.5) is 0 Å². The molecule has 0 aliphatic carbocycles. The van der Waals surface area contributed by atoms with Crippen LogP contribution in [0.25, 0.3) is 0 Å². The summed E-state index contributed by atoms with van der Waals surface area (Å²) in [7, 11) is 0. The highest BCUT2D eigenvalue weighted by Crippen LogP contribution is 2.02. The summed E-state index contributed by atoms with van der Waals surface area (Å²) in [4.78, 5) is 14.5. The predicted octanol–water partition coefficient (Wildman–Crippen LogP) is -1.01. The van der Waals surface area contributed by atoms with Gasteiger partial charge in [-0.15, -0.1) is 0 Å². The van der Waals surface area contributed by atoms with E-state index >= 15 is 0 Å². The molecule has 1 rings (SSSR count). The van der Waals surface area contributed by atoms with Gasteiger partial charge in [0, 0.05) is 26.2 Å². The van der Waals surface area contributed by atoms with E-state index in [2.05, 4.69) is 4.90 Å². The quantitative estimate of drug-likeness (QED) is 0.592. The standard InChI is InChI=1S/C8H17N3O2/c1-7(9)11-4-2-10(3-5-11)6-8(12)13/h7H,2-6,9H2,1H3,(H,12,13). The van der Waals surface area contributed by atoms with E-state index in [0.29, 0.717) is 0 Å². The molecule has 1 aliphatic heterocycles. The molecule has 1 aliphatic rings. The van der Waals surface area contributed by atoms with Crippen molar-refractivity contribution in [1.29, 1.82) is 0 Å². The topological polar surface area (TPSA) is 69.8 Å². The van der Waals surface area contributed by atoms with Crippen LogP contribution in [-0.2, 0) is 4.79 Å². The van der Waals surface area contributed by atoms with Gasteiger partial charge in [0.1, 0.15) is 0 Å². The molecule has 1 atom stereocenters. The lowest BCUT2D eigenvalue weighted by atomic mass is 10.3. The molecule has 1 unspecified atom stereocenters. The molecule has 0 aromatic heterocycles. The van der Waals surface area contributed by atoms with Crippen molar-refractivity contribution in [2.75, 3.05) is 32.7 Å². The highest BCUT2D eigenvalue weighted by Gasteiger charge is 2.19. The summed E-state index contributed by atoms with van der Waals surface area (Å²) in [6, 6.07) is 0. The molecule has 5 heteroatoms. The van der Waals surface area contributed by atoms with Crippen LogP contribution in [0.15, 0.2) is 0 Å². The lowest BCUT2D eigenvalue weighted by Gasteiger charge is -2.35. The van der Waals surface area contributed by atoms with E-state index in [4.69, 9.17) is 10.8 Å². The Kier molecular flexibility index (Phi) is 3.65. The van der Waals surface area contributed by atoms with Crippen molar-refractivity contribution < 1.29 is 9.90 Å². The monoisotopic (exact) mass is 187 g/mol.